The number of hydrogen-bond donors (Lipinski definition) is 1. The Morgan fingerprint density at radius 2 is 2.33 bits per heavy atom. The highest BCUT2D eigenvalue weighted by Crippen LogP contribution is 2.19. The van der Waals surface area contributed by atoms with Crippen molar-refractivity contribution >= 4 is 12.0 Å². The van der Waals surface area contributed by atoms with Crippen LogP contribution in [0.15, 0.2) is 28.1 Å². The van der Waals surface area contributed by atoms with Crippen molar-refractivity contribution in [1.82, 2.24) is 9.88 Å². The molecule has 96 valence electrons. The zero-order valence-corrected chi connectivity index (χ0v) is 11.2. The van der Waals surface area contributed by atoms with Gasteiger partial charge in [0.25, 0.3) is 0 Å². The number of aromatic nitrogens is 1. The third-order valence-corrected chi connectivity index (χ3v) is 3.35. The van der Waals surface area contributed by atoms with E-state index in [2.05, 4.69) is 35.3 Å². The van der Waals surface area contributed by atoms with Crippen molar-refractivity contribution in [3.05, 3.63) is 39.8 Å². The topological polar surface area (TPSA) is 46.4 Å². The highest BCUT2D eigenvalue weighted by Gasteiger charge is 2.14. The van der Waals surface area contributed by atoms with E-state index >= 15 is 0 Å². The molecule has 0 radical (unpaired) electrons. The molecule has 0 spiro atoms. The van der Waals surface area contributed by atoms with E-state index in [1.165, 1.54) is 0 Å². The van der Waals surface area contributed by atoms with Crippen LogP contribution in [0.5, 0.6) is 0 Å². The molecule has 0 saturated carbocycles. The number of hydrogen-bond acceptors (Lipinski definition) is 3. The van der Waals surface area contributed by atoms with Gasteiger partial charge in [0.05, 0.1) is 6.54 Å². The van der Waals surface area contributed by atoms with Gasteiger partial charge in [-0.3, -0.25) is 4.79 Å². The second-order valence-electron chi connectivity index (χ2n) is 4.89. The van der Waals surface area contributed by atoms with E-state index in [1.54, 1.807) is 6.07 Å². The third-order valence-electron chi connectivity index (χ3n) is 3.35. The van der Waals surface area contributed by atoms with Crippen LogP contribution in [0, 0.1) is 12.8 Å². The summed E-state index contributed by atoms with van der Waals surface area (Å²) in [5.74, 6) is 1.12. The lowest BCUT2D eigenvalue weighted by atomic mass is 10.1. The van der Waals surface area contributed by atoms with E-state index in [-0.39, 0.29) is 5.43 Å². The van der Waals surface area contributed by atoms with Crippen LogP contribution in [-0.2, 0) is 13.1 Å². The van der Waals surface area contributed by atoms with Gasteiger partial charge in [-0.05, 0) is 12.8 Å². The largest absolute Gasteiger partial charge is 0.384 e. The monoisotopic (exact) mass is 245 g/mol. The van der Waals surface area contributed by atoms with Gasteiger partial charge < -0.3 is 9.88 Å². The molecular weight excluding hydrogens is 226 g/mol. The first kappa shape index (κ1) is 12.6. The van der Waals surface area contributed by atoms with E-state index in [0.717, 1.165) is 29.3 Å². The fourth-order valence-corrected chi connectivity index (χ4v) is 1.97. The van der Waals surface area contributed by atoms with Gasteiger partial charge in [0.1, 0.15) is 5.82 Å². The number of aliphatic imine (C=N–C) groups is 1. The van der Waals surface area contributed by atoms with Gasteiger partial charge >= 0.3 is 0 Å². The highest BCUT2D eigenvalue weighted by atomic mass is 16.1. The Morgan fingerprint density at radius 3 is 3.00 bits per heavy atom. The first-order chi connectivity index (χ1) is 8.50. The molecule has 0 bridgehead atoms. The maximum atomic E-state index is 12.0. The summed E-state index contributed by atoms with van der Waals surface area (Å²) in [5, 5.41) is 3.22. The number of rotatable bonds is 4. The van der Waals surface area contributed by atoms with Crippen molar-refractivity contribution in [2.75, 3.05) is 0 Å². The molecule has 2 heterocycles. The Morgan fingerprint density at radius 1 is 1.61 bits per heavy atom. The van der Waals surface area contributed by atoms with Gasteiger partial charge in [-0.1, -0.05) is 20.4 Å². The summed E-state index contributed by atoms with van der Waals surface area (Å²) < 4.78 is 2.05. The molecule has 0 saturated heterocycles. The summed E-state index contributed by atoms with van der Waals surface area (Å²) in [6, 6.07) is 1.60. The molecule has 1 aromatic heterocycles. The van der Waals surface area contributed by atoms with Crippen LogP contribution in [0.1, 0.15) is 25.1 Å². The van der Waals surface area contributed by atoms with Crippen LogP contribution in [0.4, 0.5) is 5.82 Å². The van der Waals surface area contributed by atoms with Crippen LogP contribution >= 0.6 is 0 Å². The third kappa shape index (κ3) is 2.23. The first-order valence-corrected chi connectivity index (χ1v) is 6.19. The minimum atomic E-state index is 0.0434. The second kappa shape index (κ2) is 4.80. The normalized spacial score (nSPS) is 12.9. The number of nitrogens with one attached hydrogen (secondary N) is 1. The molecule has 4 nitrogen and oxygen atoms in total. The molecule has 18 heavy (non-hydrogen) atoms. The van der Waals surface area contributed by atoms with Crippen molar-refractivity contribution in [3.8, 4) is 0 Å². The average Bonchev–Trinajstić information content (AvgIpc) is 2.76. The Hall–Kier alpha value is -1.84. The maximum Gasteiger partial charge on any atom is 0.189 e. The lowest BCUT2D eigenvalue weighted by molar-refractivity contribution is 0.648. The van der Waals surface area contributed by atoms with Gasteiger partial charge in [-0.15, -0.1) is 0 Å². The average molecular weight is 245 g/mol. The molecule has 1 aromatic rings. The summed E-state index contributed by atoms with van der Waals surface area (Å²) in [7, 11) is 0. The quantitative estimate of drug-likeness (QED) is 0.883. The predicted octanol–water partition coefficient (Wildman–Crippen LogP) is 2.13. The summed E-state index contributed by atoms with van der Waals surface area (Å²) in [4.78, 5) is 16.2. The van der Waals surface area contributed by atoms with Crippen LogP contribution in [0.3, 0.4) is 0 Å². The van der Waals surface area contributed by atoms with Gasteiger partial charge in [-0.25, -0.2) is 4.99 Å². The molecular formula is C14H19N3O. The molecule has 0 amide bonds. The van der Waals surface area contributed by atoms with Crippen LogP contribution in [0.25, 0.3) is 0 Å². The van der Waals surface area contributed by atoms with E-state index < -0.39 is 0 Å². The summed E-state index contributed by atoms with van der Waals surface area (Å²) in [6.45, 7) is 11.4. The van der Waals surface area contributed by atoms with E-state index in [9.17, 15) is 4.79 Å². The van der Waals surface area contributed by atoms with Crippen LogP contribution in [-0.4, -0.2) is 10.8 Å². The molecule has 1 N–H and O–H groups in total. The number of pyridine rings is 1. The van der Waals surface area contributed by atoms with Crippen molar-refractivity contribution in [2.45, 2.75) is 33.9 Å². The summed E-state index contributed by atoms with van der Waals surface area (Å²) in [6.07, 6.45) is 1.83. The molecule has 0 atom stereocenters. The van der Waals surface area contributed by atoms with Gasteiger partial charge in [0.2, 0.25) is 0 Å². The zero-order chi connectivity index (χ0) is 13.3. The molecule has 4 heteroatoms. The Kier molecular flexibility index (Phi) is 3.36. The van der Waals surface area contributed by atoms with Crippen molar-refractivity contribution in [3.63, 3.8) is 0 Å². The smallest absolute Gasteiger partial charge is 0.189 e. The molecule has 0 unspecified atom stereocenters. The zero-order valence-electron chi connectivity index (χ0n) is 11.2. The van der Waals surface area contributed by atoms with Gasteiger partial charge in [0.15, 0.2) is 5.43 Å². The van der Waals surface area contributed by atoms with Crippen molar-refractivity contribution in [2.24, 2.45) is 10.9 Å². The Labute approximate surface area is 107 Å². The van der Waals surface area contributed by atoms with Crippen molar-refractivity contribution in [1.29, 1.82) is 0 Å². The van der Waals surface area contributed by atoms with E-state index in [0.29, 0.717) is 12.5 Å². The second-order valence-corrected chi connectivity index (χ2v) is 4.89. The molecule has 0 aromatic carbocycles. The number of nitrogens with zero attached hydrogens (tertiary/aromatic N) is 2. The van der Waals surface area contributed by atoms with Crippen LogP contribution < -0.4 is 10.7 Å². The lowest BCUT2D eigenvalue weighted by Crippen LogP contribution is -2.24. The summed E-state index contributed by atoms with van der Waals surface area (Å²) in [5.41, 5.74) is 2.78. The summed E-state index contributed by atoms with van der Waals surface area (Å²) >= 11 is 0. The SMILES string of the molecule is C=C(NCc1c(C)n2c(cc1=O)N=CC2)C(C)C. The minimum absolute atomic E-state index is 0.0434. The Bertz CT molecular complexity index is 567. The molecule has 0 aliphatic carbocycles. The number of allylic oxidation sites excluding steroid dienone is 1. The van der Waals surface area contributed by atoms with Gasteiger partial charge in [0, 0.05) is 35.8 Å². The fraction of sp³-hybridized carbons (Fsp3) is 0.429. The minimum Gasteiger partial charge on any atom is -0.384 e. The highest BCUT2D eigenvalue weighted by molar-refractivity contribution is 5.67. The molecule has 0 fully saturated rings. The van der Waals surface area contributed by atoms with Crippen molar-refractivity contribution < 1.29 is 0 Å². The predicted molar refractivity (Wildman–Crippen MR) is 74.4 cm³/mol. The number of fused-ring (bicyclic) bond motifs is 1. The standard InChI is InChI=1S/C14H19N3O/c1-9(2)10(3)16-8-12-11(4)17-6-5-15-14(17)7-13(12)18/h5,7,9,16H,3,6,8H2,1-2,4H3. The van der Waals surface area contributed by atoms with Crippen LogP contribution in [0.2, 0.25) is 0 Å². The van der Waals surface area contributed by atoms with E-state index in [1.807, 2.05) is 13.1 Å². The molecule has 1 aliphatic rings. The van der Waals surface area contributed by atoms with E-state index in [4.69, 9.17) is 0 Å². The van der Waals surface area contributed by atoms with Gasteiger partial charge in [-0.2, -0.15) is 0 Å². The fourth-order valence-electron chi connectivity index (χ4n) is 1.97. The molecule has 2 rings (SSSR count). The first-order valence-electron chi connectivity index (χ1n) is 6.19. The Balaban J connectivity index is 2.25. The lowest BCUT2D eigenvalue weighted by Gasteiger charge is -2.16. The maximum absolute atomic E-state index is 12.0. The molecule has 1 aliphatic heterocycles.